The Morgan fingerprint density at radius 1 is 1.11 bits per heavy atom. The van der Waals surface area contributed by atoms with Crippen LogP contribution in [0.5, 0.6) is 0 Å². The molecule has 3 rings (SSSR count). The van der Waals surface area contributed by atoms with Gasteiger partial charge >= 0.3 is 7.12 Å². The Hall–Kier alpha value is -2.29. The summed E-state index contributed by atoms with van der Waals surface area (Å²) in [6.45, 7) is 2.71. The fourth-order valence-electron chi connectivity index (χ4n) is 3.67. The van der Waals surface area contributed by atoms with Crippen LogP contribution in [-0.4, -0.2) is 61.9 Å². The molecule has 1 saturated heterocycles. The Morgan fingerprint density at radius 2 is 1.75 bits per heavy atom. The maximum atomic E-state index is 12.5. The number of aromatic nitrogens is 2. The van der Waals surface area contributed by atoms with Gasteiger partial charge in [-0.3, -0.25) is 19.7 Å². The van der Waals surface area contributed by atoms with Gasteiger partial charge in [0.15, 0.2) is 0 Å². The highest BCUT2D eigenvalue weighted by Gasteiger charge is 2.36. The van der Waals surface area contributed by atoms with Crippen molar-refractivity contribution in [2.45, 2.75) is 44.7 Å². The first-order chi connectivity index (χ1) is 13.6. The van der Waals surface area contributed by atoms with Crippen molar-refractivity contribution in [3.63, 3.8) is 0 Å². The highest BCUT2D eigenvalue weighted by Crippen LogP contribution is 2.19. The molecule has 0 aliphatic carbocycles. The fourth-order valence-corrected chi connectivity index (χ4v) is 3.67. The van der Waals surface area contributed by atoms with Gasteiger partial charge in [-0.15, -0.1) is 0 Å². The summed E-state index contributed by atoms with van der Waals surface area (Å²) in [5.41, 5.74) is 1.96. The van der Waals surface area contributed by atoms with Gasteiger partial charge in [0.2, 0.25) is 5.91 Å². The van der Waals surface area contributed by atoms with Gasteiger partial charge in [-0.25, -0.2) is 0 Å². The van der Waals surface area contributed by atoms with E-state index >= 15 is 0 Å². The predicted octanol–water partition coefficient (Wildman–Crippen LogP) is 1.26. The van der Waals surface area contributed by atoms with E-state index in [-0.39, 0.29) is 5.91 Å². The van der Waals surface area contributed by atoms with Crippen molar-refractivity contribution in [1.29, 1.82) is 0 Å². The Balaban J connectivity index is 1.55. The van der Waals surface area contributed by atoms with Crippen molar-refractivity contribution in [1.82, 2.24) is 19.8 Å². The van der Waals surface area contributed by atoms with E-state index in [1.54, 1.807) is 17.3 Å². The van der Waals surface area contributed by atoms with E-state index in [0.29, 0.717) is 38.9 Å². The SMILES string of the molecule is O=C(CCCN(Cc1ccccn1)Cc1ccccn1)N1CCCC1B(O)O. The van der Waals surface area contributed by atoms with Crippen LogP contribution in [0.4, 0.5) is 0 Å². The highest BCUT2D eigenvalue weighted by atomic mass is 16.4. The van der Waals surface area contributed by atoms with Gasteiger partial charge in [0.25, 0.3) is 0 Å². The summed E-state index contributed by atoms with van der Waals surface area (Å²) < 4.78 is 0. The van der Waals surface area contributed by atoms with Gasteiger partial charge in [-0.2, -0.15) is 0 Å². The molecule has 0 radical (unpaired) electrons. The van der Waals surface area contributed by atoms with E-state index in [0.717, 1.165) is 24.4 Å². The number of carbonyl (C=O) groups is 1. The molecule has 2 N–H and O–H groups in total. The minimum atomic E-state index is -1.46. The molecule has 1 fully saturated rings. The average molecular weight is 382 g/mol. The molecular weight excluding hydrogens is 355 g/mol. The monoisotopic (exact) mass is 382 g/mol. The Kier molecular flexibility index (Phi) is 7.53. The zero-order valence-corrected chi connectivity index (χ0v) is 16.0. The Morgan fingerprint density at radius 3 is 2.29 bits per heavy atom. The number of pyridine rings is 2. The van der Waals surface area contributed by atoms with E-state index < -0.39 is 13.1 Å². The summed E-state index contributed by atoms with van der Waals surface area (Å²) in [6.07, 6.45) is 6.12. The van der Waals surface area contributed by atoms with Crippen LogP contribution in [0, 0.1) is 0 Å². The second-order valence-corrected chi connectivity index (χ2v) is 7.17. The molecule has 28 heavy (non-hydrogen) atoms. The molecule has 2 aromatic heterocycles. The minimum Gasteiger partial charge on any atom is -0.426 e. The van der Waals surface area contributed by atoms with Gasteiger partial charge < -0.3 is 14.9 Å². The van der Waals surface area contributed by atoms with E-state index in [4.69, 9.17) is 0 Å². The Labute approximate surface area is 166 Å². The fraction of sp³-hybridized carbons (Fsp3) is 0.450. The molecule has 1 unspecified atom stereocenters. The molecular formula is C20H27BN4O3. The lowest BCUT2D eigenvalue weighted by molar-refractivity contribution is -0.131. The highest BCUT2D eigenvalue weighted by molar-refractivity contribution is 6.43. The molecule has 2 aromatic rings. The van der Waals surface area contributed by atoms with Gasteiger partial charge in [0.05, 0.1) is 17.3 Å². The molecule has 7 nitrogen and oxygen atoms in total. The summed E-state index contributed by atoms with van der Waals surface area (Å²) in [5, 5.41) is 18.9. The van der Waals surface area contributed by atoms with Crippen LogP contribution in [0.15, 0.2) is 48.8 Å². The van der Waals surface area contributed by atoms with Crippen molar-refractivity contribution in [2.75, 3.05) is 13.1 Å². The van der Waals surface area contributed by atoms with Crippen LogP contribution in [0.3, 0.4) is 0 Å². The first-order valence-corrected chi connectivity index (χ1v) is 9.81. The van der Waals surface area contributed by atoms with Crippen molar-refractivity contribution in [2.24, 2.45) is 0 Å². The first-order valence-electron chi connectivity index (χ1n) is 9.81. The zero-order valence-electron chi connectivity index (χ0n) is 16.0. The first kappa shape index (κ1) is 20.4. The maximum absolute atomic E-state index is 12.5. The van der Waals surface area contributed by atoms with Crippen molar-refractivity contribution in [3.8, 4) is 0 Å². The standard InChI is InChI=1S/C20H27BN4O3/c26-20(25-14-5-9-19(25)21(27)28)10-6-13-24(15-17-7-1-3-11-22-17)16-18-8-2-4-12-23-18/h1-4,7-8,11-12,19,27-28H,5-6,9-10,13-16H2. The molecule has 1 aliphatic rings. The van der Waals surface area contributed by atoms with Gasteiger partial charge in [0.1, 0.15) is 0 Å². The number of amides is 1. The molecule has 8 heteroatoms. The van der Waals surface area contributed by atoms with Gasteiger partial charge in [-0.05, 0) is 50.1 Å². The summed E-state index contributed by atoms with van der Waals surface area (Å²) >= 11 is 0. The lowest BCUT2D eigenvalue weighted by atomic mass is 9.78. The molecule has 1 atom stereocenters. The molecule has 0 bridgehead atoms. The molecule has 1 amide bonds. The Bertz CT molecular complexity index is 691. The van der Waals surface area contributed by atoms with Crippen LogP contribution in [0.2, 0.25) is 0 Å². The van der Waals surface area contributed by atoms with Crippen LogP contribution in [0.25, 0.3) is 0 Å². The predicted molar refractivity (Wildman–Crippen MR) is 107 cm³/mol. The number of nitrogens with zero attached hydrogens (tertiary/aromatic N) is 4. The molecule has 0 spiro atoms. The summed E-state index contributed by atoms with van der Waals surface area (Å²) in [6, 6.07) is 11.7. The van der Waals surface area contributed by atoms with E-state index in [9.17, 15) is 14.8 Å². The van der Waals surface area contributed by atoms with Crippen LogP contribution in [-0.2, 0) is 17.9 Å². The zero-order chi connectivity index (χ0) is 19.8. The average Bonchev–Trinajstić information content (AvgIpc) is 3.20. The quantitative estimate of drug-likeness (QED) is 0.635. The van der Waals surface area contributed by atoms with Gasteiger partial charge in [0, 0.05) is 38.4 Å². The van der Waals surface area contributed by atoms with Crippen molar-refractivity contribution in [3.05, 3.63) is 60.2 Å². The number of rotatable bonds is 9. The van der Waals surface area contributed by atoms with Gasteiger partial charge in [-0.1, -0.05) is 12.1 Å². The smallest absolute Gasteiger partial charge is 0.426 e. The minimum absolute atomic E-state index is 0.00813. The normalized spacial score (nSPS) is 16.5. The van der Waals surface area contributed by atoms with E-state index in [1.807, 2.05) is 36.4 Å². The molecule has 0 saturated carbocycles. The lowest BCUT2D eigenvalue weighted by Gasteiger charge is -2.25. The van der Waals surface area contributed by atoms with Crippen molar-refractivity contribution < 1.29 is 14.8 Å². The van der Waals surface area contributed by atoms with Crippen LogP contribution < -0.4 is 0 Å². The summed E-state index contributed by atoms with van der Waals surface area (Å²) in [7, 11) is -1.46. The molecule has 148 valence electrons. The topological polar surface area (TPSA) is 89.8 Å². The van der Waals surface area contributed by atoms with Crippen molar-refractivity contribution >= 4 is 13.0 Å². The number of hydrogen-bond acceptors (Lipinski definition) is 6. The lowest BCUT2D eigenvalue weighted by Crippen LogP contribution is -2.45. The maximum Gasteiger partial charge on any atom is 0.475 e. The van der Waals surface area contributed by atoms with Crippen LogP contribution >= 0.6 is 0 Å². The molecule has 1 aliphatic heterocycles. The van der Waals surface area contributed by atoms with Crippen LogP contribution in [0.1, 0.15) is 37.1 Å². The molecule has 3 heterocycles. The third-order valence-corrected chi connectivity index (χ3v) is 5.05. The second kappa shape index (κ2) is 10.3. The summed E-state index contributed by atoms with van der Waals surface area (Å²) in [5.74, 6) is -0.475. The van der Waals surface area contributed by atoms with E-state index in [1.165, 1.54) is 0 Å². The van der Waals surface area contributed by atoms with E-state index in [2.05, 4.69) is 14.9 Å². The largest absolute Gasteiger partial charge is 0.475 e. The number of carbonyl (C=O) groups excluding carboxylic acids is 1. The summed E-state index contributed by atoms with van der Waals surface area (Å²) in [4.78, 5) is 25.2. The second-order valence-electron chi connectivity index (χ2n) is 7.17. The molecule has 0 aromatic carbocycles. The third kappa shape index (κ3) is 5.86. The third-order valence-electron chi connectivity index (χ3n) is 5.05. The number of hydrogen-bond donors (Lipinski definition) is 2. The number of likely N-dealkylation sites (tertiary alicyclic amines) is 1.